The van der Waals surface area contributed by atoms with Crippen LogP contribution in [-0.4, -0.2) is 68.1 Å². The number of rotatable bonds is 4. The van der Waals surface area contributed by atoms with Crippen LogP contribution < -0.4 is 0 Å². The topological polar surface area (TPSA) is 129 Å². The molecule has 0 unspecified atom stereocenters. The van der Waals surface area contributed by atoms with Gasteiger partial charge in [0.05, 0.1) is 24.5 Å². The van der Waals surface area contributed by atoms with Gasteiger partial charge in [-0.2, -0.15) is 10.2 Å². The summed E-state index contributed by atoms with van der Waals surface area (Å²) in [5.74, 6) is -2.09. The Labute approximate surface area is 182 Å². The average Bonchev–Trinajstić information content (AvgIpc) is 3.32. The second kappa shape index (κ2) is 10.3. The van der Waals surface area contributed by atoms with Gasteiger partial charge >= 0.3 is 11.9 Å². The zero-order valence-electron chi connectivity index (χ0n) is 16.0. The lowest BCUT2D eigenvalue weighted by molar-refractivity contribution is 0.0656. The van der Waals surface area contributed by atoms with Gasteiger partial charge in [-0.3, -0.25) is 0 Å². The van der Waals surface area contributed by atoms with Crippen LogP contribution in [0.4, 0.5) is 0 Å². The van der Waals surface area contributed by atoms with Crippen LogP contribution in [-0.2, 0) is 9.47 Å². The molecule has 2 aromatic heterocycles. The Morgan fingerprint density at radius 2 is 1.13 bits per heavy atom. The zero-order valence-corrected chi connectivity index (χ0v) is 17.6. The van der Waals surface area contributed by atoms with E-state index in [2.05, 4.69) is 10.2 Å². The Kier molecular flexibility index (Phi) is 7.70. The van der Waals surface area contributed by atoms with Gasteiger partial charge < -0.3 is 19.7 Å². The molecule has 2 N–H and O–H groups in total. The van der Waals surface area contributed by atoms with Crippen LogP contribution in [0.3, 0.4) is 0 Å². The normalized spacial score (nSPS) is 17.9. The van der Waals surface area contributed by atoms with E-state index in [1.54, 1.807) is 9.36 Å². The second-order valence-electron chi connectivity index (χ2n) is 6.88. The Morgan fingerprint density at radius 1 is 0.800 bits per heavy atom. The van der Waals surface area contributed by atoms with Crippen LogP contribution in [0.25, 0.3) is 0 Å². The minimum absolute atomic E-state index is 0.0585. The van der Waals surface area contributed by atoms with Crippen molar-refractivity contribution in [3.63, 3.8) is 0 Å². The molecule has 0 aromatic carbocycles. The van der Waals surface area contributed by atoms with Crippen LogP contribution in [0.2, 0.25) is 10.3 Å². The van der Waals surface area contributed by atoms with Gasteiger partial charge in [-0.05, 0) is 25.7 Å². The molecule has 12 heteroatoms. The summed E-state index contributed by atoms with van der Waals surface area (Å²) in [7, 11) is 0. The third-order valence-corrected chi connectivity index (χ3v) is 5.76. The fraction of sp³-hybridized carbons (Fsp3) is 0.556. The standard InChI is InChI=1S/2C9H11ClN2O3/c2*10-8-7(9(13)14)5-11-12(8)6-1-3-15-4-2-6/h2*5-6H,1-4H2,(H,13,14). The Bertz CT molecular complexity index is 815. The van der Waals surface area contributed by atoms with Gasteiger partial charge in [0.2, 0.25) is 0 Å². The van der Waals surface area contributed by atoms with Crippen LogP contribution in [0.15, 0.2) is 12.4 Å². The van der Waals surface area contributed by atoms with Crippen LogP contribution >= 0.6 is 23.2 Å². The number of hydrogen-bond acceptors (Lipinski definition) is 6. The highest BCUT2D eigenvalue weighted by Crippen LogP contribution is 2.27. The molecule has 2 aromatic rings. The Hall–Kier alpha value is -2.14. The van der Waals surface area contributed by atoms with Gasteiger partial charge in [0.25, 0.3) is 0 Å². The monoisotopic (exact) mass is 460 g/mol. The number of aromatic nitrogens is 4. The highest BCUT2D eigenvalue weighted by molar-refractivity contribution is 6.32. The van der Waals surface area contributed by atoms with E-state index in [0.29, 0.717) is 26.4 Å². The molecule has 4 rings (SSSR count). The first kappa shape index (κ1) is 22.5. The summed E-state index contributed by atoms with van der Waals surface area (Å²) >= 11 is 11.9. The van der Waals surface area contributed by atoms with E-state index < -0.39 is 11.9 Å². The molecule has 30 heavy (non-hydrogen) atoms. The summed E-state index contributed by atoms with van der Waals surface area (Å²) in [6.07, 6.45) is 5.86. The van der Waals surface area contributed by atoms with Gasteiger partial charge in [0.15, 0.2) is 0 Å². The summed E-state index contributed by atoms with van der Waals surface area (Å²) in [6.45, 7) is 2.68. The minimum Gasteiger partial charge on any atom is -0.478 e. The van der Waals surface area contributed by atoms with Crippen molar-refractivity contribution in [3.05, 3.63) is 33.8 Å². The molecule has 2 aliphatic rings. The number of carboxylic acids is 2. The zero-order chi connectivity index (χ0) is 21.7. The van der Waals surface area contributed by atoms with E-state index in [0.717, 1.165) is 25.7 Å². The van der Waals surface area contributed by atoms with Crippen molar-refractivity contribution in [3.8, 4) is 0 Å². The molecule has 164 valence electrons. The fourth-order valence-corrected chi connectivity index (χ4v) is 3.97. The van der Waals surface area contributed by atoms with E-state index in [9.17, 15) is 9.59 Å². The maximum absolute atomic E-state index is 10.8. The molecule has 10 nitrogen and oxygen atoms in total. The third kappa shape index (κ3) is 5.12. The van der Waals surface area contributed by atoms with E-state index >= 15 is 0 Å². The second-order valence-corrected chi connectivity index (χ2v) is 7.60. The predicted octanol–water partition coefficient (Wildman–Crippen LogP) is 3.17. The van der Waals surface area contributed by atoms with Gasteiger partial charge in [-0.1, -0.05) is 23.2 Å². The fourth-order valence-electron chi connectivity index (χ4n) is 3.35. The molecular formula is C18H22Cl2N4O6. The number of carboxylic acid groups (broad SMARTS) is 2. The number of halogens is 2. The van der Waals surface area contributed by atoms with Crippen molar-refractivity contribution in [2.75, 3.05) is 26.4 Å². The minimum atomic E-state index is -1.04. The molecule has 0 amide bonds. The number of hydrogen-bond donors (Lipinski definition) is 2. The van der Waals surface area contributed by atoms with Crippen molar-refractivity contribution >= 4 is 35.1 Å². The average molecular weight is 461 g/mol. The SMILES string of the molecule is O=C(O)c1cnn(C2CCOCC2)c1Cl.O=C(O)c1cnn(C2CCOCC2)c1Cl. The summed E-state index contributed by atoms with van der Waals surface area (Å²) < 4.78 is 13.6. The largest absolute Gasteiger partial charge is 0.478 e. The molecular weight excluding hydrogens is 439 g/mol. The molecule has 2 fully saturated rings. The van der Waals surface area contributed by atoms with Crippen LogP contribution in [0.1, 0.15) is 58.5 Å². The van der Waals surface area contributed by atoms with Crippen molar-refractivity contribution < 1.29 is 29.3 Å². The number of carbonyl (C=O) groups is 2. The first-order chi connectivity index (χ1) is 14.4. The van der Waals surface area contributed by atoms with Gasteiger partial charge in [0, 0.05) is 26.4 Å². The van der Waals surface area contributed by atoms with E-state index in [1.165, 1.54) is 12.4 Å². The number of aromatic carboxylic acids is 2. The van der Waals surface area contributed by atoms with Gasteiger partial charge in [0.1, 0.15) is 21.4 Å². The molecule has 0 radical (unpaired) electrons. The van der Waals surface area contributed by atoms with Crippen LogP contribution in [0.5, 0.6) is 0 Å². The summed E-state index contributed by atoms with van der Waals surface area (Å²) in [6, 6.07) is 0.304. The van der Waals surface area contributed by atoms with E-state index in [-0.39, 0.29) is 33.5 Å². The highest BCUT2D eigenvalue weighted by atomic mass is 35.5. The summed E-state index contributed by atoms with van der Waals surface area (Å²) in [4.78, 5) is 21.5. The lowest BCUT2D eigenvalue weighted by Crippen LogP contribution is -2.20. The van der Waals surface area contributed by atoms with Crippen molar-refractivity contribution in [2.24, 2.45) is 0 Å². The predicted molar refractivity (Wildman–Crippen MR) is 107 cm³/mol. The molecule has 0 bridgehead atoms. The summed E-state index contributed by atoms with van der Waals surface area (Å²) in [5, 5.41) is 26.1. The lowest BCUT2D eigenvalue weighted by Gasteiger charge is -2.22. The molecule has 0 spiro atoms. The first-order valence-electron chi connectivity index (χ1n) is 9.48. The maximum atomic E-state index is 10.8. The Balaban J connectivity index is 0.000000171. The van der Waals surface area contributed by atoms with Gasteiger partial charge in [-0.15, -0.1) is 0 Å². The van der Waals surface area contributed by atoms with E-state index in [1.807, 2.05) is 0 Å². The molecule has 2 saturated heterocycles. The highest BCUT2D eigenvalue weighted by Gasteiger charge is 2.23. The van der Waals surface area contributed by atoms with E-state index in [4.69, 9.17) is 42.9 Å². The summed E-state index contributed by atoms with van der Waals surface area (Å²) in [5.41, 5.74) is 0.117. The lowest BCUT2D eigenvalue weighted by atomic mass is 10.1. The quantitative estimate of drug-likeness (QED) is 0.711. The Morgan fingerprint density at radius 3 is 1.40 bits per heavy atom. The molecule has 0 atom stereocenters. The van der Waals surface area contributed by atoms with Crippen molar-refractivity contribution in [1.82, 2.24) is 19.6 Å². The third-order valence-electron chi connectivity index (χ3n) is 5.00. The van der Waals surface area contributed by atoms with Crippen molar-refractivity contribution in [1.29, 1.82) is 0 Å². The van der Waals surface area contributed by atoms with Gasteiger partial charge in [-0.25, -0.2) is 19.0 Å². The molecule has 0 saturated carbocycles. The maximum Gasteiger partial charge on any atom is 0.340 e. The molecule has 0 aliphatic carbocycles. The van der Waals surface area contributed by atoms with Crippen molar-refractivity contribution in [2.45, 2.75) is 37.8 Å². The number of nitrogens with zero attached hydrogens (tertiary/aromatic N) is 4. The van der Waals surface area contributed by atoms with Crippen LogP contribution in [0, 0.1) is 0 Å². The number of ether oxygens (including phenoxy) is 2. The molecule has 2 aliphatic heterocycles. The molecule has 4 heterocycles. The smallest absolute Gasteiger partial charge is 0.340 e. The first-order valence-corrected chi connectivity index (χ1v) is 10.2.